The second kappa shape index (κ2) is 6.49. The number of nitrogens with zero attached hydrogens (tertiary/aromatic N) is 2. The number of aromatic carboxylic acids is 1. The lowest BCUT2D eigenvalue weighted by atomic mass is 10.1. The molecule has 0 amide bonds. The number of fused-ring (bicyclic) bond motifs is 1. The van der Waals surface area contributed by atoms with E-state index < -0.39 is 16.2 Å². The van der Waals surface area contributed by atoms with Crippen molar-refractivity contribution in [2.75, 3.05) is 24.0 Å². The molecular weight excluding hydrogens is 310 g/mol. The fourth-order valence-electron chi connectivity index (χ4n) is 1.91. The molecule has 0 radical (unpaired) electrons. The summed E-state index contributed by atoms with van der Waals surface area (Å²) in [6, 6.07) is 1.26. The van der Waals surface area contributed by atoms with E-state index in [-0.39, 0.29) is 36.2 Å². The second-order valence-electron chi connectivity index (χ2n) is 5.14. The van der Waals surface area contributed by atoms with Crippen molar-refractivity contribution in [3.8, 4) is 5.88 Å². The maximum Gasteiger partial charge on any atom is 0.337 e. The predicted molar refractivity (Wildman–Crippen MR) is 80.4 cm³/mol. The number of aromatic nitrogens is 1. The first kappa shape index (κ1) is 16.5. The molecule has 1 unspecified atom stereocenters. The van der Waals surface area contributed by atoms with Crippen LogP contribution in [-0.2, 0) is 10.2 Å². The van der Waals surface area contributed by atoms with Crippen molar-refractivity contribution >= 4 is 21.9 Å². The Labute approximate surface area is 129 Å². The number of carboxylic acids is 1. The molecule has 0 bridgehead atoms. The average Bonchev–Trinajstić information content (AvgIpc) is 2.51. The molecule has 122 valence electrons. The maximum absolute atomic E-state index is 12.4. The number of ether oxygens (including phenoxy) is 1. The van der Waals surface area contributed by atoms with Gasteiger partial charge in [-0.05, 0) is 12.0 Å². The molecule has 0 fully saturated rings. The number of carboxylic acid groups (broad SMARTS) is 1. The largest absolute Gasteiger partial charge is 0.478 e. The molecule has 1 atom stereocenters. The van der Waals surface area contributed by atoms with Gasteiger partial charge in [0.25, 0.3) is 0 Å². The third-order valence-electron chi connectivity index (χ3n) is 3.48. The Morgan fingerprint density at radius 1 is 1.59 bits per heavy atom. The highest BCUT2D eigenvalue weighted by atomic mass is 32.2. The Kier molecular flexibility index (Phi) is 4.87. The minimum absolute atomic E-state index is 0.0913. The summed E-state index contributed by atoms with van der Waals surface area (Å²) in [4.78, 5) is 14.9. The highest BCUT2D eigenvalue weighted by Crippen LogP contribution is 2.31. The fourth-order valence-corrected chi connectivity index (χ4v) is 3.27. The van der Waals surface area contributed by atoms with Crippen molar-refractivity contribution in [2.24, 2.45) is 5.92 Å². The van der Waals surface area contributed by atoms with E-state index in [0.29, 0.717) is 6.54 Å². The van der Waals surface area contributed by atoms with E-state index in [4.69, 9.17) is 9.84 Å². The van der Waals surface area contributed by atoms with Crippen molar-refractivity contribution in [2.45, 2.75) is 20.3 Å². The average molecular weight is 329 g/mol. The normalized spacial score (nSPS) is 15.8. The van der Waals surface area contributed by atoms with Crippen LogP contribution < -0.4 is 13.8 Å². The number of carbonyl (C=O) groups is 1. The maximum atomic E-state index is 12.4. The monoisotopic (exact) mass is 329 g/mol. The smallest absolute Gasteiger partial charge is 0.337 e. The van der Waals surface area contributed by atoms with Gasteiger partial charge in [0, 0.05) is 12.7 Å². The van der Waals surface area contributed by atoms with Gasteiger partial charge >= 0.3 is 16.2 Å². The first-order chi connectivity index (χ1) is 10.3. The molecule has 8 nitrogen and oxygen atoms in total. The standard InChI is InChI=1S/C13H19N3O5S/c1-3-9(2)7-15-22(19,20)16-4-5-21-12-11(16)6-10(8-14-12)13(17)18/h6,8-9,15H,3-5,7H2,1-2H3,(H,17,18). The summed E-state index contributed by atoms with van der Waals surface area (Å²) in [6.45, 7) is 4.51. The molecule has 1 aromatic rings. The number of hydrogen-bond acceptors (Lipinski definition) is 5. The molecule has 0 aromatic carbocycles. The highest BCUT2D eigenvalue weighted by Gasteiger charge is 2.30. The number of anilines is 1. The molecule has 2 heterocycles. The Hall–Kier alpha value is -1.87. The Bertz CT molecular complexity index is 662. The van der Waals surface area contributed by atoms with Crippen molar-refractivity contribution in [1.82, 2.24) is 9.71 Å². The molecule has 0 spiro atoms. The quantitative estimate of drug-likeness (QED) is 0.801. The number of pyridine rings is 1. The van der Waals surface area contributed by atoms with Gasteiger partial charge in [-0.3, -0.25) is 0 Å². The molecule has 22 heavy (non-hydrogen) atoms. The summed E-state index contributed by atoms with van der Waals surface area (Å²) in [5.74, 6) is -0.852. The summed E-state index contributed by atoms with van der Waals surface area (Å²) in [5.41, 5.74) is 0.0502. The Morgan fingerprint density at radius 3 is 2.95 bits per heavy atom. The Balaban J connectivity index is 2.30. The van der Waals surface area contributed by atoms with E-state index >= 15 is 0 Å². The first-order valence-corrected chi connectivity index (χ1v) is 8.42. The van der Waals surface area contributed by atoms with Gasteiger partial charge in [0.2, 0.25) is 5.88 Å². The van der Waals surface area contributed by atoms with E-state index in [1.807, 2.05) is 13.8 Å². The zero-order chi connectivity index (χ0) is 16.3. The highest BCUT2D eigenvalue weighted by molar-refractivity contribution is 7.90. The van der Waals surface area contributed by atoms with Gasteiger partial charge in [-0.25, -0.2) is 14.1 Å². The van der Waals surface area contributed by atoms with Crippen molar-refractivity contribution < 1.29 is 23.1 Å². The molecule has 0 aliphatic carbocycles. The van der Waals surface area contributed by atoms with Crippen LogP contribution >= 0.6 is 0 Å². The summed E-state index contributed by atoms with van der Waals surface area (Å²) in [6.07, 6.45) is 2.00. The summed E-state index contributed by atoms with van der Waals surface area (Å²) >= 11 is 0. The third-order valence-corrected chi connectivity index (χ3v) is 4.97. The van der Waals surface area contributed by atoms with Gasteiger partial charge in [0.15, 0.2) is 0 Å². The lowest BCUT2D eigenvalue weighted by Gasteiger charge is -2.30. The lowest BCUT2D eigenvalue weighted by Crippen LogP contribution is -2.46. The number of rotatable bonds is 6. The van der Waals surface area contributed by atoms with Crippen LogP contribution in [0, 0.1) is 5.92 Å². The van der Waals surface area contributed by atoms with Crippen LogP contribution in [0.5, 0.6) is 5.88 Å². The van der Waals surface area contributed by atoms with Crippen LogP contribution in [0.25, 0.3) is 0 Å². The Morgan fingerprint density at radius 2 is 2.32 bits per heavy atom. The molecule has 0 saturated carbocycles. The van der Waals surface area contributed by atoms with Gasteiger partial charge in [-0.15, -0.1) is 0 Å². The van der Waals surface area contributed by atoms with Gasteiger partial charge in [-0.2, -0.15) is 13.1 Å². The van der Waals surface area contributed by atoms with E-state index in [1.165, 1.54) is 6.07 Å². The number of nitrogens with one attached hydrogen (secondary N) is 1. The van der Waals surface area contributed by atoms with Gasteiger partial charge in [0.05, 0.1) is 12.1 Å². The van der Waals surface area contributed by atoms with Crippen molar-refractivity contribution in [3.63, 3.8) is 0 Å². The van der Waals surface area contributed by atoms with E-state index in [9.17, 15) is 13.2 Å². The topological polar surface area (TPSA) is 109 Å². The van der Waals surface area contributed by atoms with Gasteiger partial charge in [-0.1, -0.05) is 20.3 Å². The van der Waals surface area contributed by atoms with E-state index in [0.717, 1.165) is 16.9 Å². The first-order valence-electron chi connectivity index (χ1n) is 6.98. The van der Waals surface area contributed by atoms with Gasteiger partial charge < -0.3 is 9.84 Å². The van der Waals surface area contributed by atoms with Crippen LogP contribution in [0.4, 0.5) is 5.69 Å². The lowest BCUT2D eigenvalue weighted by molar-refractivity contribution is 0.0696. The van der Waals surface area contributed by atoms with E-state index in [2.05, 4.69) is 9.71 Å². The molecule has 1 aliphatic heterocycles. The molecule has 1 aliphatic rings. The fraction of sp³-hybridized carbons (Fsp3) is 0.538. The second-order valence-corrected chi connectivity index (χ2v) is 6.82. The van der Waals surface area contributed by atoms with Crippen LogP contribution in [-0.4, -0.2) is 44.2 Å². The van der Waals surface area contributed by atoms with Crippen LogP contribution in [0.15, 0.2) is 12.3 Å². The van der Waals surface area contributed by atoms with Crippen LogP contribution in [0.1, 0.15) is 30.6 Å². The number of hydrogen-bond donors (Lipinski definition) is 2. The van der Waals surface area contributed by atoms with Gasteiger partial charge in [0.1, 0.15) is 12.3 Å². The molecule has 2 N–H and O–H groups in total. The molecular formula is C13H19N3O5S. The molecule has 2 rings (SSSR count). The predicted octanol–water partition coefficient (Wildman–Crippen LogP) is 0.859. The summed E-state index contributed by atoms with van der Waals surface area (Å²) < 4.78 is 33.8. The van der Waals surface area contributed by atoms with Crippen molar-refractivity contribution in [1.29, 1.82) is 0 Å². The van der Waals surface area contributed by atoms with Crippen LogP contribution in [0.3, 0.4) is 0 Å². The zero-order valence-electron chi connectivity index (χ0n) is 12.4. The van der Waals surface area contributed by atoms with E-state index in [1.54, 1.807) is 0 Å². The molecule has 1 aromatic heterocycles. The van der Waals surface area contributed by atoms with Crippen molar-refractivity contribution in [3.05, 3.63) is 17.8 Å². The summed E-state index contributed by atoms with van der Waals surface area (Å²) in [5, 5.41) is 9.02. The SMILES string of the molecule is CCC(C)CNS(=O)(=O)N1CCOc2ncc(C(=O)O)cc21. The molecule has 0 saturated heterocycles. The minimum Gasteiger partial charge on any atom is -0.478 e. The third kappa shape index (κ3) is 3.47. The summed E-state index contributed by atoms with van der Waals surface area (Å²) in [7, 11) is -3.77. The zero-order valence-corrected chi connectivity index (χ0v) is 13.3. The molecule has 9 heteroatoms. The minimum atomic E-state index is -3.77. The van der Waals surface area contributed by atoms with Crippen LogP contribution in [0.2, 0.25) is 0 Å².